The summed E-state index contributed by atoms with van der Waals surface area (Å²) in [5.41, 5.74) is 2.21. The van der Waals surface area contributed by atoms with Crippen LogP contribution in [0.2, 0.25) is 0 Å². The molecule has 0 rings (SSSR count). The molecule has 0 aromatic heterocycles. The van der Waals surface area contributed by atoms with Crippen LogP contribution in [0.5, 0.6) is 0 Å². The predicted octanol–water partition coefficient (Wildman–Crippen LogP) is 2.25. The molecule has 94 valence electrons. The lowest BCUT2D eigenvalue weighted by atomic mass is 10.1. The van der Waals surface area contributed by atoms with Crippen molar-refractivity contribution in [2.45, 2.75) is 24.9 Å². The molecule has 0 saturated heterocycles. The molecule has 0 amide bonds. The van der Waals surface area contributed by atoms with Crippen molar-refractivity contribution in [1.82, 2.24) is 0 Å². The minimum absolute atomic E-state index is 0.181. The number of halogens is 7. The van der Waals surface area contributed by atoms with Gasteiger partial charge in [-0.2, -0.15) is 30.7 Å². The van der Waals surface area contributed by atoms with Gasteiger partial charge in [0, 0.05) is 6.08 Å². The van der Waals surface area contributed by atoms with E-state index < -0.39 is 29.5 Å². The van der Waals surface area contributed by atoms with Crippen LogP contribution in [-0.2, 0) is 4.79 Å². The Morgan fingerprint density at radius 2 is 1.44 bits per heavy atom. The molecule has 0 unspecified atom stereocenters. The number of hydrogen-bond acceptors (Lipinski definition) is 2. The second-order valence-corrected chi connectivity index (χ2v) is 2.86. The highest BCUT2D eigenvalue weighted by Gasteiger charge is 2.74. The number of carbonyl (C=O) groups excluding carboxylic acids is 1. The lowest BCUT2D eigenvalue weighted by Crippen LogP contribution is -2.54. The molecular formula is C7H6F7NO. The third-order valence-electron chi connectivity index (χ3n) is 1.47. The zero-order chi connectivity index (χ0) is 13.4. The average molecular weight is 253 g/mol. The van der Waals surface area contributed by atoms with Gasteiger partial charge >= 0.3 is 18.0 Å². The molecule has 0 saturated carbocycles. The van der Waals surface area contributed by atoms with Crippen LogP contribution in [0.25, 0.3) is 0 Å². The molecular weight excluding hydrogens is 247 g/mol. The van der Waals surface area contributed by atoms with E-state index in [2.05, 4.69) is 5.73 Å². The fourth-order valence-electron chi connectivity index (χ4n) is 0.669. The molecule has 2 N–H and O–H groups in total. The Morgan fingerprint density at radius 1 is 1.06 bits per heavy atom. The van der Waals surface area contributed by atoms with Crippen molar-refractivity contribution in [3.05, 3.63) is 11.8 Å². The number of hydrogen-bond donors (Lipinski definition) is 1. The van der Waals surface area contributed by atoms with E-state index in [1.807, 2.05) is 0 Å². The average Bonchev–Trinajstić information content (AvgIpc) is 2.00. The van der Waals surface area contributed by atoms with Gasteiger partial charge in [0.25, 0.3) is 0 Å². The Bertz CT molecular complexity index is 317. The van der Waals surface area contributed by atoms with E-state index in [0.29, 0.717) is 6.92 Å². The first-order valence-electron chi connectivity index (χ1n) is 3.64. The molecule has 0 aliphatic carbocycles. The normalized spacial score (nSPS) is 15.1. The van der Waals surface area contributed by atoms with E-state index in [1.54, 1.807) is 0 Å². The molecule has 0 aromatic carbocycles. The van der Waals surface area contributed by atoms with Gasteiger partial charge in [-0.1, -0.05) is 0 Å². The van der Waals surface area contributed by atoms with Crippen molar-refractivity contribution in [2.75, 3.05) is 0 Å². The van der Waals surface area contributed by atoms with Crippen LogP contribution in [0.4, 0.5) is 30.7 Å². The number of ketones is 1. The zero-order valence-corrected chi connectivity index (χ0v) is 7.71. The third kappa shape index (κ3) is 2.45. The van der Waals surface area contributed by atoms with Gasteiger partial charge < -0.3 is 5.73 Å². The SMILES string of the molecule is CC(=O)C=C(N)C(F)(F)C(F)(F)C(F)(F)F. The Balaban J connectivity index is 5.44. The van der Waals surface area contributed by atoms with Gasteiger partial charge in [-0.15, -0.1) is 0 Å². The fourth-order valence-corrected chi connectivity index (χ4v) is 0.669. The van der Waals surface area contributed by atoms with Crippen LogP contribution < -0.4 is 5.73 Å². The minimum atomic E-state index is -6.47. The zero-order valence-electron chi connectivity index (χ0n) is 7.71. The lowest BCUT2D eigenvalue weighted by Gasteiger charge is -2.28. The van der Waals surface area contributed by atoms with E-state index in [4.69, 9.17) is 0 Å². The maximum atomic E-state index is 12.6. The number of carbonyl (C=O) groups is 1. The van der Waals surface area contributed by atoms with E-state index in [-0.39, 0.29) is 6.08 Å². The second kappa shape index (κ2) is 3.95. The summed E-state index contributed by atoms with van der Waals surface area (Å²) in [6, 6.07) is 0. The van der Waals surface area contributed by atoms with Crippen molar-refractivity contribution in [3.63, 3.8) is 0 Å². The molecule has 0 heterocycles. The van der Waals surface area contributed by atoms with Gasteiger partial charge in [-0.05, 0) is 6.92 Å². The van der Waals surface area contributed by atoms with Crippen molar-refractivity contribution in [1.29, 1.82) is 0 Å². The molecule has 0 atom stereocenters. The Hall–Kier alpha value is -1.28. The highest BCUT2D eigenvalue weighted by atomic mass is 19.4. The third-order valence-corrected chi connectivity index (χ3v) is 1.47. The lowest BCUT2D eigenvalue weighted by molar-refractivity contribution is -0.344. The summed E-state index contributed by atoms with van der Waals surface area (Å²) in [7, 11) is 0. The molecule has 0 fully saturated rings. The maximum Gasteiger partial charge on any atom is 0.460 e. The minimum Gasteiger partial charge on any atom is -0.397 e. The summed E-state index contributed by atoms with van der Waals surface area (Å²) in [6.07, 6.45) is -6.65. The Morgan fingerprint density at radius 3 is 1.69 bits per heavy atom. The number of alkyl halides is 7. The maximum absolute atomic E-state index is 12.6. The van der Waals surface area contributed by atoms with Gasteiger partial charge in [0.1, 0.15) is 0 Å². The van der Waals surface area contributed by atoms with E-state index >= 15 is 0 Å². The smallest absolute Gasteiger partial charge is 0.397 e. The van der Waals surface area contributed by atoms with Crippen LogP contribution in [-0.4, -0.2) is 23.8 Å². The monoisotopic (exact) mass is 253 g/mol. The largest absolute Gasteiger partial charge is 0.460 e. The van der Waals surface area contributed by atoms with Crippen LogP contribution >= 0.6 is 0 Å². The highest BCUT2D eigenvalue weighted by molar-refractivity contribution is 5.88. The number of allylic oxidation sites excluding steroid dienone is 2. The van der Waals surface area contributed by atoms with Gasteiger partial charge in [0.05, 0.1) is 5.70 Å². The van der Waals surface area contributed by atoms with Crippen molar-refractivity contribution in [2.24, 2.45) is 5.73 Å². The first-order valence-corrected chi connectivity index (χ1v) is 3.64. The van der Waals surface area contributed by atoms with Crippen molar-refractivity contribution in [3.8, 4) is 0 Å². The fraction of sp³-hybridized carbons (Fsp3) is 0.571. The summed E-state index contributed by atoms with van der Waals surface area (Å²) in [4.78, 5) is 10.3. The van der Waals surface area contributed by atoms with Crippen LogP contribution in [0.3, 0.4) is 0 Å². The van der Waals surface area contributed by atoms with Crippen molar-refractivity contribution < 1.29 is 35.5 Å². The first kappa shape index (κ1) is 14.7. The molecule has 0 aromatic rings. The molecule has 0 radical (unpaired) electrons. The first-order chi connectivity index (χ1) is 6.84. The van der Waals surface area contributed by atoms with E-state index in [0.717, 1.165) is 0 Å². The molecule has 2 nitrogen and oxygen atoms in total. The van der Waals surface area contributed by atoms with Gasteiger partial charge in [-0.3, -0.25) is 4.79 Å². The summed E-state index contributed by atoms with van der Waals surface area (Å²) in [5, 5.41) is 0. The molecule has 16 heavy (non-hydrogen) atoms. The predicted molar refractivity (Wildman–Crippen MR) is 38.9 cm³/mol. The number of rotatable bonds is 3. The molecule has 0 spiro atoms. The quantitative estimate of drug-likeness (QED) is 0.619. The number of nitrogens with two attached hydrogens (primary N) is 1. The molecule has 0 aliphatic rings. The van der Waals surface area contributed by atoms with Crippen molar-refractivity contribution >= 4 is 5.78 Å². The molecule has 0 aliphatic heterocycles. The summed E-state index contributed by atoms with van der Waals surface area (Å²) >= 11 is 0. The van der Waals surface area contributed by atoms with Gasteiger partial charge in [0.15, 0.2) is 5.78 Å². The summed E-state index contributed by atoms with van der Waals surface area (Å²) in [5.74, 6) is -13.2. The van der Waals surface area contributed by atoms with E-state index in [1.165, 1.54) is 0 Å². The second-order valence-electron chi connectivity index (χ2n) is 2.86. The molecule has 0 bridgehead atoms. The van der Waals surface area contributed by atoms with Crippen LogP contribution in [0.15, 0.2) is 11.8 Å². The summed E-state index contributed by atoms with van der Waals surface area (Å²) < 4.78 is 84.8. The standard InChI is InChI=1S/C7H6F7NO/c1-3(16)2-4(15)5(8,9)6(10,11)7(12,13)14/h2H,15H2,1H3. The van der Waals surface area contributed by atoms with Gasteiger partial charge in [-0.25, -0.2) is 0 Å². The molecule has 9 heteroatoms. The Kier molecular flexibility index (Phi) is 3.63. The highest BCUT2D eigenvalue weighted by Crippen LogP contribution is 2.48. The summed E-state index contributed by atoms with van der Waals surface area (Å²) in [6.45, 7) is 0.675. The van der Waals surface area contributed by atoms with Crippen LogP contribution in [0, 0.1) is 0 Å². The topological polar surface area (TPSA) is 43.1 Å². The van der Waals surface area contributed by atoms with Crippen LogP contribution in [0.1, 0.15) is 6.92 Å². The Labute approximate surface area is 84.9 Å². The van der Waals surface area contributed by atoms with Gasteiger partial charge in [0.2, 0.25) is 0 Å². The van der Waals surface area contributed by atoms with E-state index in [9.17, 15) is 35.5 Å².